The average molecular weight is 745 g/mol. The number of esters is 1. The summed E-state index contributed by atoms with van der Waals surface area (Å²) in [5.74, 6) is 0.0651. The van der Waals surface area contributed by atoms with Crippen LogP contribution in [0.15, 0.2) is 59.6 Å². The van der Waals surface area contributed by atoms with Gasteiger partial charge in [-0.3, -0.25) is 13.7 Å². The number of carbonyl (C=O) groups is 2. The van der Waals surface area contributed by atoms with Crippen molar-refractivity contribution in [2.45, 2.75) is 89.7 Å². The molecular formula is C36H43Cl2N5O6S. The second-order valence-electron chi connectivity index (χ2n) is 14.5. The van der Waals surface area contributed by atoms with Gasteiger partial charge in [0.1, 0.15) is 17.7 Å². The number of aryl methyl sites for hydroxylation is 1. The minimum absolute atomic E-state index is 0.144. The van der Waals surface area contributed by atoms with Crippen molar-refractivity contribution in [1.82, 2.24) is 19.7 Å². The van der Waals surface area contributed by atoms with Gasteiger partial charge in [-0.25, -0.2) is 13.2 Å². The molecule has 50 heavy (non-hydrogen) atoms. The Morgan fingerprint density at radius 2 is 1.58 bits per heavy atom. The molecule has 11 nitrogen and oxygen atoms in total. The van der Waals surface area contributed by atoms with Gasteiger partial charge in [-0.05, 0) is 122 Å². The van der Waals surface area contributed by atoms with Gasteiger partial charge in [-0.1, -0.05) is 23.2 Å². The Labute approximate surface area is 303 Å². The first-order chi connectivity index (χ1) is 23.3. The molecular weight excluding hydrogens is 701 g/mol. The number of anilines is 1. The third kappa shape index (κ3) is 8.88. The molecule has 1 aliphatic rings. The minimum Gasteiger partial charge on any atom is -0.459 e. The number of ether oxygens (including phenoxy) is 2. The molecule has 0 aliphatic carbocycles. The van der Waals surface area contributed by atoms with Crippen LogP contribution in [-0.2, 0) is 24.3 Å². The van der Waals surface area contributed by atoms with Crippen LogP contribution in [0.5, 0.6) is 0 Å². The first-order valence-corrected chi connectivity index (χ1v) is 18.6. The molecule has 1 unspecified atom stereocenters. The van der Waals surface area contributed by atoms with Crippen LogP contribution in [0.2, 0.25) is 10.0 Å². The van der Waals surface area contributed by atoms with Crippen LogP contribution in [0, 0.1) is 6.92 Å². The molecule has 2 aromatic heterocycles. The fraction of sp³-hybridized carbons (Fsp3) is 0.444. The largest absolute Gasteiger partial charge is 0.459 e. The van der Waals surface area contributed by atoms with Crippen LogP contribution in [-0.4, -0.2) is 71.0 Å². The lowest BCUT2D eigenvalue weighted by atomic mass is 9.96. The van der Waals surface area contributed by atoms with E-state index < -0.39 is 33.7 Å². The van der Waals surface area contributed by atoms with Crippen LogP contribution in [0.1, 0.15) is 78.0 Å². The Bertz CT molecular complexity index is 2000. The summed E-state index contributed by atoms with van der Waals surface area (Å²) in [6.45, 7) is 13.3. The number of nitrogens with zero attached hydrogens (tertiary/aromatic N) is 5. The van der Waals surface area contributed by atoms with E-state index in [2.05, 4.69) is 10.2 Å². The molecule has 0 bridgehead atoms. The lowest BCUT2D eigenvalue weighted by molar-refractivity contribution is -0.152. The molecule has 1 amide bonds. The number of halogens is 2. The van der Waals surface area contributed by atoms with Gasteiger partial charge in [-0.2, -0.15) is 5.10 Å². The van der Waals surface area contributed by atoms with Crippen molar-refractivity contribution in [3.63, 3.8) is 0 Å². The second kappa shape index (κ2) is 14.4. The number of hydrogen-bond donors (Lipinski definition) is 0. The van der Waals surface area contributed by atoms with Crippen molar-refractivity contribution in [3.8, 4) is 5.82 Å². The Hall–Kier alpha value is -3.87. The van der Waals surface area contributed by atoms with Crippen molar-refractivity contribution in [3.05, 3.63) is 76.0 Å². The summed E-state index contributed by atoms with van der Waals surface area (Å²) in [5.41, 5.74) is 1.44. The third-order valence-electron chi connectivity index (χ3n) is 8.08. The monoisotopic (exact) mass is 743 g/mol. The first-order valence-electron chi connectivity index (χ1n) is 16.4. The Morgan fingerprint density at radius 1 is 0.900 bits per heavy atom. The number of sulfonamides is 1. The van der Waals surface area contributed by atoms with E-state index in [1.165, 1.54) is 18.2 Å². The van der Waals surface area contributed by atoms with Crippen molar-refractivity contribution >= 4 is 61.9 Å². The zero-order chi connectivity index (χ0) is 36.6. The van der Waals surface area contributed by atoms with Crippen molar-refractivity contribution in [2.75, 3.05) is 23.9 Å². The molecule has 4 aromatic rings. The summed E-state index contributed by atoms with van der Waals surface area (Å²) in [7, 11) is -4.30. The normalized spacial score (nSPS) is 15.9. The molecule has 3 heterocycles. The fourth-order valence-electron chi connectivity index (χ4n) is 5.92. The van der Waals surface area contributed by atoms with Gasteiger partial charge in [-0.15, -0.1) is 5.10 Å². The highest BCUT2D eigenvalue weighted by Crippen LogP contribution is 2.33. The quantitative estimate of drug-likeness (QED) is 0.174. The third-order valence-corrected chi connectivity index (χ3v) is 10.3. The van der Waals surface area contributed by atoms with E-state index in [9.17, 15) is 18.0 Å². The van der Waals surface area contributed by atoms with Gasteiger partial charge < -0.3 is 14.4 Å². The molecule has 1 atom stereocenters. The van der Waals surface area contributed by atoms with Gasteiger partial charge in [0.05, 0.1) is 21.8 Å². The molecule has 1 saturated heterocycles. The number of fused-ring (bicyclic) bond motifs is 1. The van der Waals surface area contributed by atoms with E-state index in [4.69, 9.17) is 32.7 Å². The average Bonchev–Trinajstić information content (AvgIpc) is 3.24. The topological polar surface area (TPSA) is 124 Å². The smallest absolute Gasteiger partial charge is 0.410 e. The summed E-state index contributed by atoms with van der Waals surface area (Å²) in [6, 6.07) is 13.0. The fourth-order valence-corrected chi connectivity index (χ4v) is 8.05. The van der Waals surface area contributed by atoms with Crippen molar-refractivity contribution in [1.29, 1.82) is 0 Å². The number of likely N-dealkylation sites (tertiary alicyclic amines) is 1. The molecule has 0 spiro atoms. The molecule has 0 radical (unpaired) electrons. The van der Waals surface area contributed by atoms with Gasteiger partial charge in [0.15, 0.2) is 5.82 Å². The molecule has 1 fully saturated rings. The first kappa shape index (κ1) is 37.4. The second-order valence-corrected chi connectivity index (χ2v) is 17.2. The maximum Gasteiger partial charge on any atom is 0.410 e. The summed E-state index contributed by atoms with van der Waals surface area (Å²) in [5, 5.41) is 10.2. The Kier molecular flexibility index (Phi) is 10.8. The molecule has 14 heteroatoms. The van der Waals surface area contributed by atoms with Crippen molar-refractivity contribution < 1.29 is 27.5 Å². The number of aromatic nitrogens is 3. The maximum atomic E-state index is 14.0. The molecule has 2 aromatic carbocycles. The van der Waals surface area contributed by atoms with Crippen LogP contribution < -0.4 is 4.31 Å². The molecule has 0 N–H and O–H groups in total. The molecule has 0 saturated carbocycles. The van der Waals surface area contributed by atoms with Gasteiger partial charge in [0.2, 0.25) is 0 Å². The van der Waals surface area contributed by atoms with Crippen LogP contribution in [0.25, 0.3) is 16.7 Å². The van der Waals surface area contributed by atoms with Crippen LogP contribution in [0.4, 0.5) is 10.5 Å². The van der Waals surface area contributed by atoms with Crippen LogP contribution >= 0.6 is 23.2 Å². The number of rotatable bonds is 7. The standard InChI is InChI=1S/C36H43Cl2N5O6S/c1-23-17-30(24-9-8-14-41(15-12-24)34(45)49-36(5,6)7)39-40-33(23)42-16-13-25-18-28(10-11-31(25)42)43(22-32(44)48-35(2,3)4)50(46,47)29-20-26(37)19-27(38)21-29/h10-11,13,16-21,24H,8-9,12,14-15,22H2,1-7H3. The lowest BCUT2D eigenvalue weighted by Crippen LogP contribution is -2.39. The highest BCUT2D eigenvalue weighted by Gasteiger charge is 2.31. The summed E-state index contributed by atoms with van der Waals surface area (Å²) in [6.07, 6.45) is 4.02. The molecule has 268 valence electrons. The van der Waals surface area contributed by atoms with E-state index in [1.54, 1.807) is 43.9 Å². The molecule has 1 aliphatic heterocycles. The SMILES string of the molecule is Cc1cc(C2CCCN(C(=O)OC(C)(C)C)CC2)nnc1-n1ccc2cc(N(CC(=O)OC(C)(C)C)S(=O)(=O)c3cc(Cl)cc(Cl)c3)ccc21. The minimum atomic E-state index is -4.30. The van der Waals surface area contributed by atoms with Gasteiger partial charge in [0.25, 0.3) is 10.0 Å². The highest BCUT2D eigenvalue weighted by atomic mass is 35.5. The van der Waals surface area contributed by atoms with E-state index >= 15 is 0 Å². The Morgan fingerprint density at radius 3 is 2.22 bits per heavy atom. The number of amides is 1. The van der Waals surface area contributed by atoms with E-state index in [0.29, 0.717) is 24.3 Å². The highest BCUT2D eigenvalue weighted by molar-refractivity contribution is 7.92. The number of carbonyl (C=O) groups excluding carboxylic acids is 2. The van der Waals surface area contributed by atoms with Gasteiger partial charge in [0, 0.05) is 40.6 Å². The van der Waals surface area contributed by atoms with E-state index in [-0.39, 0.29) is 32.6 Å². The number of hydrogen-bond acceptors (Lipinski definition) is 8. The van der Waals surface area contributed by atoms with Crippen LogP contribution in [0.3, 0.4) is 0 Å². The zero-order valence-electron chi connectivity index (χ0n) is 29.4. The summed E-state index contributed by atoms with van der Waals surface area (Å²) in [4.78, 5) is 27.2. The number of benzene rings is 2. The maximum absolute atomic E-state index is 14.0. The summed E-state index contributed by atoms with van der Waals surface area (Å²) < 4.78 is 41.9. The lowest BCUT2D eigenvalue weighted by Gasteiger charge is -2.26. The predicted molar refractivity (Wildman–Crippen MR) is 195 cm³/mol. The van der Waals surface area contributed by atoms with Crippen molar-refractivity contribution in [2.24, 2.45) is 0 Å². The van der Waals surface area contributed by atoms with E-state index in [1.807, 2.05) is 50.6 Å². The zero-order valence-corrected chi connectivity index (χ0v) is 31.7. The molecule has 5 rings (SSSR count). The van der Waals surface area contributed by atoms with Gasteiger partial charge >= 0.3 is 12.1 Å². The Balaban J connectivity index is 1.42. The predicted octanol–water partition coefficient (Wildman–Crippen LogP) is 8.08. The van der Waals surface area contributed by atoms with E-state index in [0.717, 1.165) is 40.3 Å². The summed E-state index contributed by atoms with van der Waals surface area (Å²) >= 11 is 12.3.